The number of hydrogen-bond donors (Lipinski definition) is 1. The lowest BCUT2D eigenvalue weighted by molar-refractivity contribution is 0.000467. The molecule has 0 radical (unpaired) electrons. The van der Waals surface area contributed by atoms with E-state index < -0.39 is 0 Å². The lowest BCUT2D eigenvalue weighted by Crippen LogP contribution is -2.53. The lowest BCUT2D eigenvalue weighted by Gasteiger charge is -2.38. The van der Waals surface area contributed by atoms with E-state index in [0.29, 0.717) is 6.04 Å². The van der Waals surface area contributed by atoms with E-state index >= 15 is 0 Å². The summed E-state index contributed by atoms with van der Waals surface area (Å²) in [4.78, 5) is 2.66. The second kappa shape index (κ2) is 6.53. The second-order valence-electron chi connectivity index (χ2n) is 7.45. The van der Waals surface area contributed by atoms with E-state index in [4.69, 9.17) is 9.47 Å². The van der Waals surface area contributed by atoms with Gasteiger partial charge in [-0.05, 0) is 43.9 Å². The molecule has 0 bridgehead atoms. The van der Waals surface area contributed by atoms with Crippen LogP contribution < -0.4 is 5.32 Å². The van der Waals surface area contributed by atoms with Crippen molar-refractivity contribution in [1.29, 1.82) is 0 Å². The van der Waals surface area contributed by atoms with Gasteiger partial charge in [0, 0.05) is 44.2 Å². The first-order chi connectivity index (χ1) is 10.4. The summed E-state index contributed by atoms with van der Waals surface area (Å²) in [7, 11) is 0. The summed E-state index contributed by atoms with van der Waals surface area (Å²) in [6, 6.07) is 1.47. The summed E-state index contributed by atoms with van der Waals surface area (Å²) in [5.41, 5.74) is 0. The highest BCUT2D eigenvalue weighted by atomic mass is 16.5. The molecule has 2 saturated carbocycles. The molecule has 1 N–H and O–H groups in total. The van der Waals surface area contributed by atoms with Gasteiger partial charge >= 0.3 is 0 Å². The number of hydrogen-bond acceptors (Lipinski definition) is 4. The van der Waals surface area contributed by atoms with Gasteiger partial charge in [0.1, 0.15) is 0 Å². The van der Waals surface area contributed by atoms with Gasteiger partial charge in [-0.1, -0.05) is 0 Å². The molecule has 2 heterocycles. The summed E-state index contributed by atoms with van der Waals surface area (Å²) < 4.78 is 11.2. The van der Waals surface area contributed by atoms with Gasteiger partial charge in [-0.3, -0.25) is 4.90 Å². The molecule has 2 atom stereocenters. The quantitative estimate of drug-likeness (QED) is 0.771. The van der Waals surface area contributed by atoms with Crippen molar-refractivity contribution in [3.63, 3.8) is 0 Å². The van der Waals surface area contributed by atoms with E-state index in [-0.39, 0.29) is 0 Å². The number of nitrogens with zero attached hydrogens (tertiary/aromatic N) is 1. The van der Waals surface area contributed by atoms with Crippen molar-refractivity contribution in [3.8, 4) is 0 Å². The predicted molar refractivity (Wildman–Crippen MR) is 82.3 cm³/mol. The molecule has 21 heavy (non-hydrogen) atoms. The minimum atomic E-state index is 0.649. The summed E-state index contributed by atoms with van der Waals surface area (Å²) in [6.45, 7) is 7.07. The Hall–Kier alpha value is -0.160. The van der Waals surface area contributed by atoms with Gasteiger partial charge in [-0.25, -0.2) is 0 Å². The van der Waals surface area contributed by atoms with Crippen LogP contribution in [0.5, 0.6) is 0 Å². The largest absolute Gasteiger partial charge is 0.381 e. The fourth-order valence-electron chi connectivity index (χ4n) is 4.24. The zero-order chi connectivity index (χ0) is 14.1. The molecule has 4 fully saturated rings. The summed E-state index contributed by atoms with van der Waals surface area (Å²) >= 11 is 0. The first-order valence-corrected chi connectivity index (χ1v) is 9.05. The van der Waals surface area contributed by atoms with Crippen molar-refractivity contribution in [2.24, 2.45) is 17.8 Å². The molecular formula is C17H30N2O2. The Morgan fingerprint density at radius 3 is 2.14 bits per heavy atom. The van der Waals surface area contributed by atoms with Gasteiger partial charge in [0.25, 0.3) is 0 Å². The van der Waals surface area contributed by atoms with Gasteiger partial charge in [0.2, 0.25) is 0 Å². The summed E-state index contributed by atoms with van der Waals surface area (Å²) in [5.74, 6) is 2.69. The van der Waals surface area contributed by atoms with Crippen molar-refractivity contribution in [3.05, 3.63) is 0 Å². The minimum Gasteiger partial charge on any atom is -0.381 e. The van der Waals surface area contributed by atoms with Crippen LogP contribution in [-0.4, -0.2) is 63.0 Å². The molecule has 4 nitrogen and oxygen atoms in total. The Bertz CT molecular complexity index is 320. The first kappa shape index (κ1) is 14.4. The van der Waals surface area contributed by atoms with E-state index in [1.54, 1.807) is 0 Å². The van der Waals surface area contributed by atoms with Gasteiger partial charge in [0.15, 0.2) is 0 Å². The molecule has 4 rings (SSSR count). The van der Waals surface area contributed by atoms with E-state index in [1.807, 2.05) is 0 Å². The normalized spacial score (nSPS) is 32.7. The van der Waals surface area contributed by atoms with Gasteiger partial charge in [-0.2, -0.15) is 0 Å². The Balaban J connectivity index is 1.36. The molecular weight excluding hydrogens is 264 g/mol. The van der Waals surface area contributed by atoms with Crippen molar-refractivity contribution >= 4 is 0 Å². The smallest absolute Gasteiger partial charge is 0.0594 e. The van der Waals surface area contributed by atoms with Crippen molar-refractivity contribution in [1.82, 2.24) is 10.2 Å². The maximum absolute atomic E-state index is 5.67. The highest BCUT2D eigenvalue weighted by Crippen LogP contribution is 2.44. The molecule has 0 spiro atoms. The molecule has 2 aliphatic heterocycles. The lowest BCUT2D eigenvalue weighted by atomic mass is 9.96. The van der Waals surface area contributed by atoms with E-state index in [0.717, 1.165) is 69.9 Å². The highest BCUT2D eigenvalue weighted by Gasteiger charge is 2.42. The van der Waals surface area contributed by atoms with Gasteiger partial charge in [0.05, 0.1) is 19.8 Å². The fourth-order valence-corrected chi connectivity index (χ4v) is 4.24. The van der Waals surface area contributed by atoms with Gasteiger partial charge < -0.3 is 14.8 Å². The van der Waals surface area contributed by atoms with Crippen LogP contribution in [0.15, 0.2) is 0 Å². The van der Waals surface area contributed by atoms with Crippen LogP contribution in [0, 0.1) is 17.8 Å². The maximum atomic E-state index is 5.67. The third kappa shape index (κ3) is 3.61. The van der Waals surface area contributed by atoms with Crippen LogP contribution >= 0.6 is 0 Å². The summed E-state index contributed by atoms with van der Waals surface area (Å²) in [6.07, 6.45) is 7.08. The van der Waals surface area contributed by atoms with E-state index in [1.165, 1.54) is 32.1 Å². The number of ether oxygens (including phenoxy) is 2. The molecule has 2 aliphatic carbocycles. The van der Waals surface area contributed by atoms with E-state index in [9.17, 15) is 0 Å². The number of nitrogens with one attached hydrogen (secondary N) is 1. The van der Waals surface area contributed by atoms with Crippen molar-refractivity contribution < 1.29 is 9.47 Å². The fraction of sp³-hybridized carbons (Fsp3) is 1.00. The Morgan fingerprint density at radius 1 is 0.857 bits per heavy atom. The Kier molecular flexibility index (Phi) is 4.49. The average molecular weight is 294 g/mol. The Labute approximate surface area is 128 Å². The molecule has 0 amide bonds. The predicted octanol–water partition coefficient (Wildman–Crippen LogP) is 1.50. The third-order valence-electron chi connectivity index (χ3n) is 5.85. The van der Waals surface area contributed by atoms with Crippen LogP contribution in [0.4, 0.5) is 0 Å². The van der Waals surface area contributed by atoms with Crippen LogP contribution in [0.3, 0.4) is 0 Å². The minimum absolute atomic E-state index is 0.649. The number of morpholine rings is 1. The molecule has 4 aliphatic rings. The maximum Gasteiger partial charge on any atom is 0.0594 e. The zero-order valence-corrected chi connectivity index (χ0v) is 13.1. The highest BCUT2D eigenvalue weighted by molar-refractivity contribution is 4.97. The van der Waals surface area contributed by atoms with Crippen LogP contribution in [-0.2, 0) is 9.47 Å². The Morgan fingerprint density at radius 2 is 1.57 bits per heavy atom. The second-order valence-corrected chi connectivity index (χ2v) is 7.45. The standard InChI is InChI=1S/C17H30N2O2/c1-2-13(1)17(14-3-4-14)18-11-16(15-5-8-21-12-15)19-6-9-20-10-7-19/h13-18H,1-12H2/t15-,16+/m1/s1. The van der Waals surface area contributed by atoms with E-state index in [2.05, 4.69) is 10.2 Å². The molecule has 0 aromatic rings. The van der Waals surface area contributed by atoms with Crippen LogP contribution in [0.2, 0.25) is 0 Å². The molecule has 4 heteroatoms. The number of rotatable bonds is 7. The average Bonchev–Trinajstić information content (AvgIpc) is 3.46. The van der Waals surface area contributed by atoms with Crippen molar-refractivity contribution in [2.45, 2.75) is 44.2 Å². The van der Waals surface area contributed by atoms with Crippen LogP contribution in [0.25, 0.3) is 0 Å². The van der Waals surface area contributed by atoms with Gasteiger partial charge in [-0.15, -0.1) is 0 Å². The molecule has 0 aromatic carbocycles. The molecule has 120 valence electrons. The summed E-state index contributed by atoms with van der Waals surface area (Å²) in [5, 5.41) is 3.98. The third-order valence-corrected chi connectivity index (χ3v) is 5.85. The molecule has 0 unspecified atom stereocenters. The molecule has 2 saturated heterocycles. The molecule has 0 aromatic heterocycles. The SMILES string of the molecule is C1CN([C@@H](CNC(C2CC2)C2CC2)[C@@H]2CCOC2)CCO1. The first-order valence-electron chi connectivity index (χ1n) is 9.05. The monoisotopic (exact) mass is 294 g/mol. The van der Waals surface area contributed by atoms with Crippen molar-refractivity contribution in [2.75, 3.05) is 46.1 Å². The van der Waals surface area contributed by atoms with Crippen LogP contribution in [0.1, 0.15) is 32.1 Å². The zero-order valence-electron chi connectivity index (χ0n) is 13.1. The topological polar surface area (TPSA) is 33.7 Å².